The summed E-state index contributed by atoms with van der Waals surface area (Å²) in [6, 6.07) is 9.36. The first-order valence-electron chi connectivity index (χ1n) is 6.78. The number of nitrogens with zero attached hydrogens (tertiary/aromatic N) is 2. The van der Waals surface area contributed by atoms with E-state index >= 15 is 0 Å². The van der Waals surface area contributed by atoms with E-state index in [-0.39, 0.29) is 33.2 Å². The van der Waals surface area contributed by atoms with Gasteiger partial charge in [-0.3, -0.25) is 4.98 Å². The van der Waals surface area contributed by atoms with Crippen molar-refractivity contribution in [2.75, 3.05) is 5.73 Å². The Balaban J connectivity index is 1.86. The van der Waals surface area contributed by atoms with Crippen molar-refractivity contribution in [3.63, 3.8) is 0 Å². The predicted molar refractivity (Wildman–Crippen MR) is 94.5 cm³/mol. The summed E-state index contributed by atoms with van der Waals surface area (Å²) in [4.78, 5) is 20.4. The second-order valence-corrected chi connectivity index (χ2v) is 5.98. The average molecular weight is 383 g/mol. The molecule has 0 saturated carbocycles. The maximum atomic E-state index is 12.2. The molecule has 0 aliphatic heterocycles. The van der Waals surface area contributed by atoms with Gasteiger partial charge in [0.25, 0.3) is 0 Å². The fourth-order valence-electron chi connectivity index (χ4n) is 2.16. The van der Waals surface area contributed by atoms with Crippen molar-refractivity contribution in [1.29, 1.82) is 0 Å². The number of hydrogen-bond donors (Lipinski definition) is 1. The van der Waals surface area contributed by atoms with Gasteiger partial charge in [0.2, 0.25) is 0 Å². The number of halogens is 3. The largest absolute Gasteiger partial charge is 0.456 e. The number of benzene rings is 1. The number of esters is 1. The van der Waals surface area contributed by atoms with Crippen LogP contribution < -0.4 is 5.73 Å². The summed E-state index contributed by atoms with van der Waals surface area (Å²) in [5.41, 5.74) is 7.00. The van der Waals surface area contributed by atoms with Crippen molar-refractivity contribution in [3.05, 3.63) is 63.0 Å². The van der Waals surface area contributed by atoms with E-state index in [0.29, 0.717) is 0 Å². The van der Waals surface area contributed by atoms with Crippen LogP contribution in [0.3, 0.4) is 0 Å². The number of carbonyl (C=O) groups excluding carboxylic acids is 1. The lowest BCUT2D eigenvalue weighted by molar-refractivity contribution is 0.0467. The number of fused-ring (bicyclic) bond motifs is 1. The van der Waals surface area contributed by atoms with Crippen molar-refractivity contribution in [2.24, 2.45) is 0 Å². The van der Waals surface area contributed by atoms with E-state index < -0.39 is 5.97 Å². The Morgan fingerprint density at radius 1 is 1.12 bits per heavy atom. The molecule has 24 heavy (non-hydrogen) atoms. The van der Waals surface area contributed by atoms with Crippen molar-refractivity contribution >= 4 is 57.4 Å². The lowest BCUT2D eigenvalue weighted by Gasteiger charge is -2.10. The fraction of sp³-hybridized carbons (Fsp3) is 0.0625. The Labute approximate surface area is 152 Å². The van der Waals surface area contributed by atoms with Gasteiger partial charge in [0.05, 0.1) is 16.2 Å². The highest BCUT2D eigenvalue weighted by Crippen LogP contribution is 2.34. The number of para-hydroxylation sites is 1. The molecule has 0 aliphatic rings. The molecular weight excluding hydrogens is 373 g/mol. The van der Waals surface area contributed by atoms with Crippen LogP contribution in [0.2, 0.25) is 15.2 Å². The van der Waals surface area contributed by atoms with E-state index in [4.69, 9.17) is 45.3 Å². The molecule has 122 valence electrons. The molecule has 1 aromatic carbocycles. The summed E-state index contributed by atoms with van der Waals surface area (Å²) >= 11 is 17.7. The van der Waals surface area contributed by atoms with Crippen molar-refractivity contribution < 1.29 is 9.53 Å². The summed E-state index contributed by atoms with van der Waals surface area (Å²) in [6.07, 6.45) is 1.67. The maximum Gasteiger partial charge on any atom is 0.358 e. The van der Waals surface area contributed by atoms with E-state index in [1.165, 1.54) is 0 Å². The van der Waals surface area contributed by atoms with Gasteiger partial charge in [0.15, 0.2) is 10.8 Å². The number of pyridine rings is 2. The molecule has 0 spiro atoms. The first-order valence-corrected chi connectivity index (χ1v) is 7.92. The Bertz CT molecular complexity index is 942. The number of nitrogens with two attached hydrogens (primary N) is 1. The first kappa shape index (κ1) is 16.8. The van der Waals surface area contributed by atoms with E-state index in [1.807, 2.05) is 30.3 Å². The van der Waals surface area contributed by atoms with Crippen LogP contribution in [0.5, 0.6) is 0 Å². The van der Waals surface area contributed by atoms with Crippen molar-refractivity contribution in [1.82, 2.24) is 9.97 Å². The second kappa shape index (κ2) is 6.81. The normalized spacial score (nSPS) is 10.8. The SMILES string of the molecule is Nc1c(Cl)c(Cl)nc(C(=O)OCc2cccc3cccnc23)c1Cl. The minimum absolute atomic E-state index is 0.00327. The molecule has 0 saturated heterocycles. The molecule has 0 radical (unpaired) electrons. The molecule has 8 heteroatoms. The van der Waals surface area contributed by atoms with Crippen molar-refractivity contribution in [3.8, 4) is 0 Å². The fourth-order valence-corrected chi connectivity index (χ4v) is 2.75. The van der Waals surface area contributed by atoms with Gasteiger partial charge in [0.1, 0.15) is 11.6 Å². The van der Waals surface area contributed by atoms with Gasteiger partial charge in [-0.1, -0.05) is 59.1 Å². The number of hydrogen-bond acceptors (Lipinski definition) is 5. The Morgan fingerprint density at radius 3 is 2.67 bits per heavy atom. The lowest BCUT2D eigenvalue weighted by atomic mass is 10.1. The zero-order chi connectivity index (χ0) is 17.3. The van der Waals surface area contributed by atoms with Gasteiger partial charge in [-0.25, -0.2) is 9.78 Å². The number of anilines is 1. The molecule has 2 aromatic heterocycles. The van der Waals surface area contributed by atoms with Gasteiger partial charge in [-0.05, 0) is 6.07 Å². The van der Waals surface area contributed by atoms with Gasteiger partial charge in [-0.2, -0.15) is 0 Å². The third-order valence-corrected chi connectivity index (χ3v) is 4.48. The first-order chi connectivity index (χ1) is 11.5. The molecule has 3 rings (SSSR count). The van der Waals surface area contributed by atoms with Crippen molar-refractivity contribution in [2.45, 2.75) is 6.61 Å². The summed E-state index contributed by atoms with van der Waals surface area (Å²) < 4.78 is 5.27. The van der Waals surface area contributed by atoms with Crippen LogP contribution in [0.4, 0.5) is 5.69 Å². The molecule has 0 atom stereocenters. The summed E-state index contributed by atoms with van der Waals surface area (Å²) in [5.74, 6) is -0.752. The minimum Gasteiger partial charge on any atom is -0.456 e. The van der Waals surface area contributed by atoms with Gasteiger partial charge in [0, 0.05) is 17.1 Å². The number of rotatable bonds is 3. The Kier molecular flexibility index (Phi) is 4.76. The smallest absolute Gasteiger partial charge is 0.358 e. The minimum atomic E-state index is -0.752. The van der Waals surface area contributed by atoms with Gasteiger partial charge < -0.3 is 10.5 Å². The average Bonchev–Trinajstić information content (AvgIpc) is 2.60. The Morgan fingerprint density at radius 2 is 1.88 bits per heavy atom. The molecule has 0 fully saturated rings. The summed E-state index contributed by atoms with van der Waals surface area (Å²) in [6.45, 7) is 0.00530. The highest BCUT2D eigenvalue weighted by Gasteiger charge is 2.21. The Hall–Kier alpha value is -2.08. The molecule has 0 bridgehead atoms. The number of nitrogen functional groups attached to an aromatic ring is 1. The molecule has 3 aromatic rings. The predicted octanol–water partition coefficient (Wildman–Crippen LogP) is 4.53. The van der Waals surface area contributed by atoms with E-state index in [2.05, 4.69) is 9.97 Å². The number of ether oxygens (including phenoxy) is 1. The quantitative estimate of drug-likeness (QED) is 0.532. The molecule has 2 heterocycles. The molecular formula is C16H10Cl3N3O2. The lowest BCUT2D eigenvalue weighted by Crippen LogP contribution is -2.10. The molecule has 5 nitrogen and oxygen atoms in total. The van der Waals surface area contributed by atoms with Crippen LogP contribution in [-0.4, -0.2) is 15.9 Å². The van der Waals surface area contributed by atoms with Crippen LogP contribution in [0, 0.1) is 0 Å². The summed E-state index contributed by atoms with van der Waals surface area (Å²) in [7, 11) is 0. The highest BCUT2D eigenvalue weighted by atomic mass is 35.5. The third-order valence-electron chi connectivity index (χ3n) is 3.34. The summed E-state index contributed by atoms with van der Waals surface area (Å²) in [5, 5.41) is 0.736. The monoisotopic (exact) mass is 381 g/mol. The van der Waals surface area contributed by atoms with Crippen LogP contribution in [0.1, 0.15) is 16.1 Å². The van der Waals surface area contributed by atoms with E-state index in [9.17, 15) is 4.79 Å². The van der Waals surface area contributed by atoms with Crippen LogP contribution in [0.15, 0.2) is 36.5 Å². The zero-order valence-electron chi connectivity index (χ0n) is 12.1. The molecule has 0 amide bonds. The molecule has 0 aliphatic carbocycles. The number of carbonyl (C=O) groups is 1. The highest BCUT2D eigenvalue weighted by molar-refractivity contribution is 6.46. The van der Waals surface area contributed by atoms with Gasteiger partial charge >= 0.3 is 5.97 Å². The second-order valence-electron chi connectivity index (χ2n) is 4.86. The number of aromatic nitrogens is 2. The maximum absolute atomic E-state index is 12.2. The van der Waals surface area contributed by atoms with Gasteiger partial charge in [-0.15, -0.1) is 0 Å². The van der Waals surface area contributed by atoms with Crippen LogP contribution in [-0.2, 0) is 11.3 Å². The standard InChI is InChI=1S/C16H10Cl3N3O2/c17-10-12(20)11(18)15(19)22-14(10)16(23)24-7-9-4-1-3-8-5-2-6-21-13(8)9/h1-6H,7H2,(H2,20,22). The van der Waals surface area contributed by atoms with E-state index in [0.717, 1.165) is 16.5 Å². The van der Waals surface area contributed by atoms with Crippen LogP contribution in [0.25, 0.3) is 10.9 Å². The van der Waals surface area contributed by atoms with Crippen LogP contribution >= 0.6 is 34.8 Å². The molecule has 2 N–H and O–H groups in total. The third kappa shape index (κ3) is 3.11. The zero-order valence-corrected chi connectivity index (χ0v) is 14.4. The molecule has 0 unspecified atom stereocenters. The topological polar surface area (TPSA) is 78.1 Å². The van der Waals surface area contributed by atoms with E-state index in [1.54, 1.807) is 6.20 Å².